The summed E-state index contributed by atoms with van der Waals surface area (Å²) < 4.78 is 0. The van der Waals surface area contributed by atoms with Crippen LogP contribution in [0.5, 0.6) is 0 Å². The summed E-state index contributed by atoms with van der Waals surface area (Å²) in [4.78, 5) is 0. The smallest absolute Gasteiger partial charge is 0.0414 e. The van der Waals surface area contributed by atoms with E-state index in [2.05, 4.69) is 27.2 Å². The lowest BCUT2D eigenvalue weighted by molar-refractivity contribution is 0.432. The van der Waals surface area contributed by atoms with Crippen molar-refractivity contribution in [3.05, 3.63) is 6.42 Å². The second kappa shape index (κ2) is 13.1. The van der Waals surface area contributed by atoms with Crippen molar-refractivity contribution in [1.29, 1.82) is 0 Å². The molecule has 0 heterocycles. The highest BCUT2D eigenvalue weighted by Gasteiger charge is 2.04. The van der Waals surface area contributed by atoms with Gasteiger partial charge in [0.15, 0.2) is 0 Å². The highest BCUT2D eigenvalue weighted by Crippen LogP contribution is 2.19. The first-order valence-electron chi connectivity index (χ1n) is 7.62. The van der Waals surface area contributed by atoms with E-state index < -0.39 is 0 Å². The maximum absolute atomic E-state index is 2.33. The Kier molecular flexibility index (Phi) is 13.1. The van der Waals surface area contributed by atoms with Crippen molar-refractivity contribution in [3.63, 3.8) is 0 Å². The average molecular weight is 225 g/mol. The van der Waals surface area contributed by atoms with Gasteiger partial charge in [-0.1, -0.05) is 85.0 Å². The van der Waals surface area contributed by atoms with Crippen LogP contribution in [-0.4, -0.2) is 0 Å². The SMILES string of the molecule is C[CH]CC(CC)CCCCCCCCCC. The van der Waals surface area contributed by atoms with Gasteiger partial charge in [-0.15, -0.1) is 0 Å². The van der Waals surface area contributed by atoms with Crippen LogP contribution < -0.4 is 0 Å². The maximum atomic E-state index is 2.33. The minimum atomic E-state index is 0.963. The summed E-state index contributed by atoms with van der Waals surface area (Å²) >= 11 is 0. The molecule has 0 bridgehead atoms. The molecule has 0 spiro atoms. The normalized spacial score (nSPS) is 12.9. The van der Waals surface area contributed by atoms with Gasteiger partial charge in [0.1, 0.15) is 0 Å². The zero-order valence-corrected chi connectivity index (χ0v) is 11.9. The van der Waals surface area contributed by atoms with Crippen LogP contribution in [-0.2, 0) is 0 Å². The molecule has 0 aliphatic rings. The Hall–Kier alpha value is 0. The molecule has 97 valence electrons. The molecular weight excluding hydrogens is 192 g/mol. The summed E-state index contributed by atoms with van der Waals surface area (Å²) in [7, 11) is 0. The van der Waals surface area contributed by atoms with Crippen LogP contribution in [0.4, 0.5) is 0 Å². The molecule has 16 heavy (non-hydrogen) atoms. The largest absolute Gasteiger partial charge is 0.0654 e. The monoisotopic (exact) mass is 225 g/mol. The number of unbranched alkanes of at least 4 members (excludes halogenated alkanes) is 7. The molecule has 0 saturated heterocycles. The fraction of sp³-hybridized carbons (Fsp3) is 0.938. The van der Waals surface area contributed by atoms with Gasteiger partial charge in [-0.3, -0.25) is 0 Å². The quantitative estimate of drug-likeness (QED) is 0.349. The van der Waals surface area contributed by atoms with Crippen molar-refractivity contribution in [2.24, 2.45) is 5.92 Å². The maximum Gasteiger partial charge on any atom is -0.0414 e. The highest BCUT2D eigenvalue weighted by molar-refractivity contribution is 4.65. The van der Waals surface area contributed by atoms with Crippen LogP contribution in [0.3, 0.4) is 0 Å². The zero-order valence-electron chi connectivity index (χ0n) is 11.9. The van der Waals surface area contributed by atoms with Gasteiger partial charge in [0, 0.05) is 0 Å². The fourth-order valence-electron chi connectivity index (χ4n) is 2.39. The lowest BCUT2D eigenvalue weighted by Crippen LogP contribution is -1.98. The van der Waals surface area contributed by atoms with E-state index in [1.165, 1.54) is 70.6 Å². The first-order valence-corrected chi connectivity index (χ1v) is 7.62. The minimum Gasteiger partial charge on any atom is -0.0654 e. The van der Waals surface area contributed by atoms with Gasteiger partial charge in [-0.2, -0.15) is 0 Å². The number of hydrogen-bond donors (Lipinski definition) is 0. The summed E-state index contributed by atoms with van der Waals surface area (Å²) in [6.45, 7) is 6.81. The van der Waals surface area contributed by atoms with Gasteiger partial charge in [0.2, 0.25) is 0 Å². The summed E-state index contributed by atoms with van der Waals surface area (Å²) in [6, 6.07) is 0. The second-order valence-corrected chi connectivity index (χ2v) is 5.18. The Bertz CT molecular complexity index is 117. The van der Waals surface area contributed by atoms with Crippen LogP contribution in [0.1, 0.15) is 91.4 Å². The Morgan fingerprint density at radius 2 is 1.38 bits per heavy atom. The van der Waals surface area contributed by atoms with Crippen molar-refractivity contribution in [2.75, 3.05) is 0 Å². The molecule has 0 aromatic heterocycles. The summed E-state index contributed by atoms with van der Waals surface area (Å²) in [5.41, 5.74) is 0. The van der Waals surface area contributed by atoms with E-state index >= 15 is 0 Å². The molecule has 0 aromatic rings. The van der Waals surface area contributed by atoms with Gasteiger partial charge < -0.3 is 0 Å². The van der Waals surface area contributed by atoms with E-state index in [1.54, 1.807) is 0 Å². The van der Waals surface area contributed by atoms with Crippen molar-refractivity contribution >= 4 is 0 Å². The Morgan fingerprint density at radius 3 is 1.88 bits per heavy atom. The number of hydrogen-bond acceptors (Lipinski definition) is 0. The van der Waals surface area contributed by atoms with E-state index in [-0.39, 0.29) is 0 Å². The molecular formula is C16H33. The standard InChI is InChI=1S/C16H33/c1-4-7-8-9-10-11-12-13-15-16(6-3)14-5-2/h5,16H,4,6-15H2,1-3H3. The molecule has 0 rings (SSSR count). The Balaban J connectivity index is 3.12. The van der Waals surface area contributed by atoms with Crippen molar-refractivity contribution < 1.29 is 0 Å². The summed E-state index contributed by atoms with van der Waals surface area (Å²) in [6.07, 6.45) is 18.1. The Labute approximate surface area is 104 Å². The van der Waals surface area contributed by atoms with Crippen molar-refractivity contribution in [1.82, 2.24) is 0 Å². The summed E-state index contributed by atoms with van der Waals surface area (Å²) in [5, 5.41) is 0. The highest BCUT2D eigenvalue weighted by atomic mass is 14.1. The van der Waals surface area contributed by atoms with Crippen molar-refractivity contribution in [3.8, 4) is 0 Å². The molecule has 0 nitrogen and oxygen atoms in total. The van der Waals surface area contributed by atoms with Gasteiger partial charge in [0.25, 0.3) is 0 Å². The van der Waals surface area contributed by atoms with Crippen LogP contribution in [0.15, 0.2) is 0 Å². The van der Waals surface area contributed by atoms with E-state index in [0.29, 0.717) is 0 Å². The lowest BCUT2D eigenvalue weighted by Gasteiger charge is -2.12. The molecule has 1 radical (unpaired) electrons. The van der Waals surface area contributed by atoms with E-state index in [0.717, 1.165) is 5.92 Å². The molecule has 0 amide bonds. The summed E-state index contributed by atoms with van der Waals surface area (Å²) in [5.74, 6) is 0.963. The molecule has 0 heteroatoms. The molecule has 0 fully saturated rings. The van der Waals surface area contributed by atoms with Crippen LogP contribution in [0, 0.1) is 12.3 Å². The van der Waals surface area contributed by atoms with Crippen LogP contribution in [0.25, 0.3) is 0 Å². The van der Waals surface area contributed by atoms with E-state index in [4.69, 9.17) is 0 Å². The zero-order chi connectivity index (χ0) is 12.1. The molecule has 0 aromatic carbocycles. The molecule has 0 aliphatic carbocycles. The van der Waals surface area contributed by atoms with Gasteiger partial charge in [0.05, 0.1) is 0 Å². The average Bonchev–Trinajstić information content (AvgIpc) is 2.31. The topological polar surface area (TPSA) is 0 Å². The minimum absolute atomic E-state index is 0.963. The molecule has 0 N–H and O–H groups in total. The Morgan fingerprint density at radius 1 is 0.812 bits per heavy atom. The predicted molar refractivity (Wildman–Crippen MR) is 75.6 cm³/mol. The van der Waals surface area contributed by atoms with Crippen LogP contribution in [0.2, 0.25) is 0 Å². The van der Waals surface area contributed by atoms with E-state index in [1.807, 2.05) is 0 Å². The predicted octanol–water partition coefficient (Wildman–Crippen LogP) is 6.16. The third kappa shape index (κ3) is 10.5. The molecule has 1 unspecified atom stereocenters. The van der Waals surface area contributed by atoms with Crippen LogP contribution >= 0.6 is 0 Å². The lowest BCUT2D eigenvalue weighted by atomic mass is 9.94. The first kappa shape index (κ1) is 16.0. The third-order valence-corrected chi connectivity index (χ3v) is 3.61. The third-order valence-electron chi connectivity index (χ3n) is 3.61. The molecule has 1 atom stereocenters. The van der Waals surface area contributed by atoms with E-state index in [9.17, 15) is 0 Å². The molecule has 0 saturated carbocycles. The molecule has 0 aliphatic heterocycles. The number of rotatable bonds is 12. The van der Waals surface area contributed by atoms with Gasteiger partial charge in [-0.05, 0) is 18.8 Å². The second-order valence-electron chi connectivity index (χ2n) is 5.18. The van der Waals surface area contributed by atoms with Gasteiger partial charge in [-0.25, -0.2) is 0 Å². The van der Waals surface area contributed by atoms with Gasteiger partial charge >= 0.3 is 0 Å². The first-order chi connectivity index (χ1) is 7.85. The fourth-order valence-corrected chi connectivity index (χ4v) is 2.39. The van der Waals surface area contributed by atoms with Crippen molar-refractivity contribution in [2.45, 2.75) is 91.4 Å².